The Morgan fingerprint density at radius 1 is 1.23 bits per heavy atom. The number of carbonyl (C=O) groups excluding carboxylic acids is 2. The summed E-state index contributed by atoms with van der Waals surface area (Å²) < 4.78 is 0. The Balaban J connectivity index is 2.20. The molecule has 3 N–H and O–H groups in total. The summed E-state index contributed by atoms with van der Waals surface area (Å²) >= 11 is 7.15. The maximum Gasteiger partial charge on any atom is 0.256 e. The number of nitrogens with one attached hydrogen (secondary N) is 1. The number of hydrogen-bond donors (Lipinski definition) is 2. The zero-order chi connectivity index (χ0) is 16.1. The maximum atomic E-state index is 12.4. The lowest BCUT2D eigenvalue weighted by atomic mass is 10.1. The predicted octanol–water partition coefficient (Wildman–Crippen LogP) is 3.48. The summed E-state index contributed by atoms with van der Waals surface area (Å²) in [7, 11) is 0. The largest absolute Gasteiger partial charge is 0.369 e. The van der Waals surface area contributed by atoms with Gasteiger partial charge in [0.05, 0.1) is 11.3 Å². The van der Waals surface area contributed by atoms with Crippen molar-refractivity contribution in [2.24, 2.45) is 5.73 Å². The van der Waals surface area contributed by atoms with Gasteiger partial charge in [-0.1, -0.05) is 23.7 Å². The van der Waals surface area contributed by atoms with E-state index in [0.29, 0.717) is 21.2 Å². The van der Waals surface area contributed by atoms with E-state index in [9.17, 15) is 9.59 Å². The fourth-order valence-electron chi connectivity index (χ4n) is 1.89. The van der Waals surface area contributed by atoms with Gasteiger partial charge in [-0.05, 0) is 42.8 Å². The number of rotatable bonds is 5. The quantitative estimate of drug-likeness (QED) is 0.822. The van der Waals surface area contributed by atoms with Gasteiger partial charge in [-0.3, -0.25) is 9.59 Å². The molecule has 0 spiro atoms. The summed E-state index contributed by atoms with van der Waals surface area (Å²) in [5, 5.41) is 3.47. The first-order valence-corrected chi connectivity index (χ1v) is 7.91. The molecular formula is C16H15ClN2O2S. The van der Waals surface area contributed by atoms with E-state index in [1.807, 2.05) is 13.0 Å². The number of carbonyl (C=O) groups is 2. The second-order valence-electron chi connectivity index (χ2n) is 4.66. The molecule has 4 nitrogen and oxygen atoms in total. The molecule has 0 aliphatic rings. The van der Waals surface area contributed by atoms with Crippen molar-refractivity contribution in [1.29, 1.82) is 0 Å². The second-order valence-corrected chi connectivity index (χ2v) is 6.12. The first kappa shape index (κ1) is 16.4. The first-order chi connectivity index (χ1) is 10.5. The molecule has 0 unspecified atom stereocenters. The molecule has 2 rings (SSSR count). The number of nitrogens with two attached hydrogens (primary N) is 1. The average Bonchev–Trinajstić information content (AvgIpc) is 2.48. The Hall–Kier alpha value is -1.98. The van der Waals surface area contributed by atoms with Crippen molar-refractivity contribution in [3.05, 3.63) is 58.6 Å². The maximum absolute atomic E-state index is 12.4. The first-order valence-electron chi connectivity index (χ1n) is 6.55. The molecule has 0 saturated carbocycles. The molecule has 0 fully saturated rings. The van der Waals surface area contributed by atoms with E-state index in [1.54, 1.807) is 36.4 Å². The molecule has 114 valence electrons. The number of primary amides is 1. The van der Waals surface area contributed by atoms with Crippen LogP contribution in [0.3, 0.4) is 0 Å². The molecule has 0 radical (unpaired) electrons. The lowest BCUT2D eigenvalue weighted by Crippen LogP contribution is -2.16. The number of anilines is 1. The number of aryl methyl sites for hydroxylation is 1. The van der Waals surface area contributed by atoms with Gasteiger partial charge in [0.15, 0.2) is 0 Å². The van der Waals surface area contributed by atoms with Crippen LogP contribution in [0.5, 0.6) is 0 Å². The highest BCUT2D eigenvalue weighted by atomic mass is 35.5. The standard InChI is InChI=1S/C16H15ClN2O2S/c1-10-8-11(17)6-7-13(10)19-16(21)12-4-2-3-5-14(12)22-9-15(18)20/h2-8H,9H2,1H3,(H2,18,20)(H,19,21). The molecule has 0 aliphatic carbocycles. The minimum absolute atomic E-state index is 0.129. The van der Waals surface area contributed by atoms with Gasteiger partial charge in [0, 0.05) is 15.6 Å². The van der Waals surface area contributed by atoms with E-state index in [4.69, 9.17) is 17.3 Å². The van der Waals surface area contributed by atoms with Gasteiger partial charge >= 0.3 is 0 Å². The zero-order valence-corrected chi connectivity index (χ0v) is 13.5. The van der Waals surface area contributed by atoms with Crippen LogP contribution in [0.1, 0.15) is 15.9 Å². The normalized spacial score (nSPS) is 10.3. The second kappa shape index (κ2) is 7.33. The van der Waals surface area contributed by atoms with Crippen LogP contribution in [0.4, 0.5) is 5.69 Å². The van der Waals surface area contributed by atoms with E-state index in [1.165, 1.54) is 11.8 Å². The summed E-state index contributed by atoms with van der Waals surface area (Å²) in [6.45, 7) is 1.87. The van der Waals surface area contributed by atoms with Crippen LogP contribution < -0.4 is 11.1 Å². The minimum atomic E-state index is -0.422. The van der Waals surface area contributed by atoms with Gasteiger partial charge in [0.2, 0.25) is 5.91 Å². The van der Waals surface area contributed by atoms with E-state index in [0.717, 1.165) is 5.56 Å². The summed E-state index contributed by atoms with van der Waals surface area (Å²) in [4.78, 5) is 24.1. The third kappa shape index (κ3) is 4.26. The van der Waals surface area contributed by atoms with Crippen molar-refractivity contribution in [3.8, 4) is 0 Å². The van der Waals surface area contributed by atoms with Crippen molar-refractivity contribution in [2.45, 2.75) is 11.8 Å². The summed E-state index contributed by atoms with van der Waals surface area (Å²) in [6, 6.07) is 12.4. The number of amides is 2. The molecule has 6 heteroatoms. The summed E-state index contributed by atoms with van der Waals surface area (Å²) in [5.74, 6) is -0.531. The molecule has 2 aromatic carbocycles. The van der Waals surface area contributed by atoms with E-state index >= 15 is 0 Å². The van der Waals surface area contributed by atoms with Crippen molar-refractivity contribution >= 4 is 40.9 Å². The minimum Gasteiger partial charge on any atom is -0.369 e. The number of benzene rings is 2. The summed E-state index contributed by atoms with van der Waals surface area (Å²) in [6.07, 6.45) is 0. The van der Waals surface area contributed by atoms with Gasteiger partial charge < -0.3 is 11.1 Å². The van der Waals surface area contributed by atoms with E-state index in [2.05, 4.69) is 5.32 Å². The SMILES string of the molecule is Cc1cc(Cl)ccc1NC(=O)c1ccccc1SCC(N)=O. The van der Waals surface area contributed by atoms with E-state index in [-0.39, 0.29) is 11.7 Å². The predicted molar refractivity (Wildman–Crippen MR) is 90.5 cm³/mol. The van der Waals surface area contributed by atoms with Gasteiger partial charge in [-0.25, -0.2) is 0 Å². The number of hydrogen-bond acceptors (Lipinski definition) is 3. The lowest BCUT2D eigenvalue weighted by Gasteiger charge is -2.11. The number of thioether (sulfide) groups is 1. The zero-order valence-electron chi connectivity index (χ0n) is 11.9. The Morgan fingerprint density at radius 3 is 2.64 bits per heavy atom. The van der Waals surface area contributed by atoms with Gasteiger partial charge in [-0.15, -0.1) is 11.8 Å². The average molecular weight is 335 g/mol. The Morgan fingerprint density at radius 2 is 1.95 bits per heavy atom. The molecular weight excluding hydrogens is 320 g/mol. The Kier molecular flexibility index (Phi) is 5.46. The molecule has 0 aromatic heterocycles. The molecule has 22 heavy (non-hydrogen) atoms. The molecule has 0 saturated heterocycles. The van der Waals surface area contributed by atoms with Crippen LogP contribution >= 0.6 is 23.4 Å². The third-order valence-corrected chi connectivity index (χ3v) is 4.27. The smallest absolute Gasteiger partial charge is 0.256 e. The molecule has 0 aliphatic heterocycles. The van der Waals surface area contributed by atoms with Gasteiger partial charge in [0.1, 0.15) is 0 Å². The van der Waals surface area contributed by atoms with Crippen LogP contribution in [0.2, 0.25) is 5.02 Å². The van der Waals surface area contributed by atoms with Gasteiger partial charge in [0.25, 0.3) is 5.91 Å². The van der Waals surface area contributed by atoms with Crippen LogP contribution in [0, 0.1) is 6.92 Å². The van der Waals surface area contributed by atoms with Crippen molar-refractivity contribution in [2.75, 3.05) is 11.1 Å². The van der Waals surface area contributed by atoms with Crippen LogP contribution in [0.15, 0.2) is 47.4 Å². The van der Waals surface area contributed by atoms with Crippen molar-refractivity contribution < 1.29 is 9.59 Å². The van der Waals surface area contributed by atoms with E-state index < -0.39 is 5.91 Å². The molecule has 0 bridgehead atoms. The van der Waals surface area contributed by atoms with Crippen LogP contribution in [0.25, 0.3) is 0 Å². The highest BCUT2D eigenvalue weighted by Crippen LogP contribution is 2.25. The van der Waals surface area contributed by atoms with Crippen LogP contribution in [-0.2, 0) is 4.79 Å². The Labute approximate surface area is 138 Å². The van der Waals surface area contributed by atoms with Crippen LogP contribution in [-0.4, -0.2) is 17.6 Å². The van der Waals surface area contributed by atoms with Crippen molar-refractivity contribution in [3.63, 3.8) is 0 Å². The fourth-order valence-corrected chi connectivity index (χ4v) is 2.90. The lowest BCUT2D eigenvalue weighted by molar-refractivity contribution is -0.115. The monoisotopic (exact) mass is 334 g/mol. The Bertz CT molecular complexity index is 719. The van der Waals surface area contributed by atoms with Gasteiger partial charge in [-0.2, -0.15) is 0 Å². The van der Waals surface area contributed by atoms with Crippen molar-refractivity contribution in [1.82, 2.24) is 0 Å². The molecule has 2 amide bonds. The molecule has 0 heterocycles. The summed E-state index contributed by atoms with van der Waals surface area (Å²) in [5.41, 5.74) is 7.23. The highest BCUT2D eigenvalue weighted by molar-refractivity contribution is 8.00. The third-order valence-electron chi connectivity index (χ3n) is 2.94. The fraction of sp³-hybridized carbons (Fsp3) is 0.125. The molecule has 0 atom stereocenters. The highest BCUT2D eigenvalue weighted by Gasteiger charge is 2.13. The topological polar surface area (TPSA) is 72.2 Å². The molecule has 2 aromatic rings. The number of halogens is 1.